The van der Waals surface area contributed by atoms with E-state index >= 15 is 0 Å². The zero-order valence-electron chi connectivity index (χ0n) is 14.8. The number of phenols is 1. The zero-order chi connectivity index (χ0) is 18.5. The number of hydrogen-bond donors (Lipinski definition) is 2. The smallest absolute Gasteiger partial charge is 0.275 e. The molecule has 136 valence electrons. The first kappa shape index (κ1) is 18.5. The summed E-state index contributed by atoms with van der Waals surface area (Å²) in [4.78, 5) is 12.2. The number of rotatable bonds is 4. The second kappa shape index (κ2) is 8.37. The van der Waals surface area contributed by atoms with E-state index < -0.39 is 5.91 Å². The third-order valence-corrected chi connectivity index (χ3v) is 5.17. The average molecular weight is 371 g/mol. The summed E-state index contributed by atoms with van der Waals surface area (Å²) in [5, 5.41) is 14.3. The van der Waals surface area contributed by atoms with Gasteiger partial charge >= 0.3 is 0 Å². The van der Waals surface area contributed by atoms with Crippen LogP contribution in [0.4, 0.5) is 0 Å². The molecule has 2 N–H and O–H groups in total. The van der Waals surface area contributed by atoms with E-state index in [9.17, 15) is 9.90 Å². The van der Waals surface area contributed by atoms with Crippen LogP contribution in [0.3, 0.4) is 0 Å². The summed E-state index contributed by atoms with van der Waals surface area (Å²) < 4.78 is 0. The minimum absolute atomic E-state index is 0.0988. The molecule has 0 spiro atoms. The fourth-order valence-electron chi connectivity index (χ4n) is 3.38. The number of hydrogen-bond acceptors (Lipinski definition) is 3. The van der Waals surface area contributed by atoms with E-state index in [2.05, 4.69) is 22.7 Å². The molecule has 1 fully saturated rings. The molecular weight excluding hydrogens is 348 g/mol. The Kier molecular flexibility index (Phi) is 5.94. The van der Waals surface area contributed by atoms with Gasteiger partial charge in [-0.2, -0.15) is 5.10 Å². The van der Waals surface area contributed by atoms with Gasteiger partial charge in [0.2, 0.25) is 0 Å². The molecule has 2 aromatic rings. The Bertz CT molecular complexity index is 809. The molecule has 0 bridgehead atoms. The van der Waals surface area contributed by atoms with Gasteiger partial charge in [0.15, 0.2) is 0 Å². The molecule has 0 aliphatic heterocycles. The fourth-order valence-corrected chi connectivity index (χ4v) is 3.55. The minimum Gasteiger partial charge on any atom is -0.507 e. The van der Waals surface area contributed by atoms with Crippen molar-refractivity contribution in [3.63, 3.8) is 0 Å². The Morgan fingerprint density at radius 3 is 2.50 bits per heavy atom. The van der Waals surface area contributed by atoms with Gasteiger partial charge in [-0.1, -0.05) is 55.1 Å². The Hall–Kier alpha value is -2.33. The van der Waals surface area contributed by atoms with Crippen molar-refractivity contribution in [2.75, 3.05) is 0 Å². The summed E-state index contributed by atoms with van der Waals surface area (Å²) in [7, 11) is 0. The number of benzene rings is 2. The van der Waals surface area contributed by atoms with Crippen LogP contribution in [0, 0.1) is 0 Å². The number of hydrazone groups is 1. The summed E-state index contributed by atoms with van der Waals surface area (Å²) in [5.74, 6) is 0.0420. The first-order chi connectivity index (χ1) is 12.5. The molecular formula is C21H23ClN2O2. The molecule has 3 rings (SSSR count). The van der Waals surface area contributed by atoms with Crippen molar-refractivity contribution >= 4 is 23.2 Å². The SMILES string of the molecule is C/C(=N\NC(=O)c1cc(Cl)ccc1O)c1ccc(C2CCCCC2)cc1. The summed E-state index contributed by atoms with van der Waals surface area (Å²) in [6.45, 7) is 1.84. The number of carbonyl (C=O) groups is 1. The summed E-state index contributed by atoms with van der Waals surface area (Å²) in [6.07, 6.45) is 6.52. The molecule has 0 saturated heterocycles. The maximum absolute atomic E-state index is 12.2. The van der Waals surface area contributed by atoms with Crippen molar-refractivity contribution < 1.29 is 9.90 Å². The molecule has 5 heteroatoms. The van der Waals surface area contributed by atoms with Crippen molar-refractivity contribution in [2.24, 2.45) is 5.10 Å². The molecule has 0 unspecified atom stereocenters. The van der Waals surface area contributed by atoms with Crippen molar-refractivity contribution in [1.82, 2.24) is 5.43 Å². The quantitative estimate of drug-likeness (QED) is 0.570. The van der Waals surface area contributed by atoms with E-state index in [0.717, 1.165) is 5.56 Å². The maximum atomic E-state index is 12.2. The number of nitrogens with one attached hydrogen (secondary N) is 1. The molecule has 26 heavy (non-hydrogen) atoms. The molecule has 2 aromatic carbocycles. The molecule has 0 heterocycles. The Labute approximate surface area is 158 Å². The van der Waals surface area contributed by atoms with Crippen LogP contribution >= 0.6 is 11.6 Å². The average Bonchev–Trinajstić information content (AvgIpc) is 2.68. The third-order valence-electron chi connectivity index (χ3n) is 4.93. The lowest BCUT2D eigenvalue weighted by Gasteiger charge is -2.22. The van der Waals surface area contributed by atoms with Gasteiger partial charge < -0.3 is 5.11 Å². The number of carbonyl (C=O) groups excluding carboxylic acids is 1. The fraction of sp³-hybridized carbons (Fsp3) is 0.333. The predicted molar refractivity (Wildman–Crippen MR) is 105 cm³/mol. The van der Waals surface area contributed by atoms with E-state index in [1.807, 2.05) is 19.1 Å². The van der Waals surface area contributed by atoms with Gasteiger partial charge in [0, 0.05) is 5.02 Å². The number of nitrogens with zero attached hydrogens (tertiary/aromatic N) is 1. The van der Waals surface area contributed by atoms with Crippen LogP contribution in [0.1, 0.15) is 66.4 Å². The Morgan fingerprint density at radius 2 is 1.81 bits per heavy atom. The largest absolute Gasteiger partial charge is 0.507 e. The lowest BCUT2D eigenvalue weighted by atomic mass is 9.84. The first-order valence-electron chi connectivity index (χ1n) is 8.98. The molecule has 1 amide bonds. The Balaban J connectivity index is 1.67. The molecule has 1 aliphatic carbocycles. The highest BCUT2D eigenvalue weighted by molar-refractivity contribution is 6.31. The molecule has 0 aromatic heterocycles. The van der Waals surface area contributed by atoms with Crippen molar-refractivity contribution in [3.8, 4) is 5.75 Å². The molecule has 0 radical (unpaired) electrons. The van der Waals surface area contributed by atoms with E-state index in [0.29, 0.717) is 16.7 Å². The number of aromatic hydroxyl groups is 1. The lowest BCUT2D eigenvalue weighted by Crippen LogP contribution is -2.19. The van der Waals surface area contributed by atoms with E-state index in [4.69, 9.17) is 11.6 Å². The second-order valence-electron chi connectivity index (χ2n) is 6.76. The topological polar surface area (TPSA) is 61.7 Å². The third kappa shape index (κ3) is 4.44. The van der Waals surface area contributed by atoms with Crippen LogP contribution < -0.4 is 5.43 Å². The monoisotopic (exact) mass is 370 g/mol. The van der Waals surface area contributed by atoms with E-state index in [1.165, 1.54) is 55.9 Å². The van der Waals surface area contributed by atoms with Crippen LogP contribution in [0.25, 0.3) is 0 Å². The van der Waals surface area contributed by atoms with Gasteiger partial charge in [0.1, 0.15) is 5.75 Å². The van der Waals surface area contributed by atoms with Crippen LogP contribution in [0.5, 0.6) is 5.75 Å². The van der Waals surface area contributed by atoms with Gasteiger partial charge in [-0.15, -0.1) is 0 Å². The molecule has 0 atom stereocenters. The molecule has 4 nitrogen and oxygen atoms in total. The van der Waals surface area contributed by atoms with Crippen molar-refractivity contribution in [2.45, 2.75) is 44.9 Å². The van der Waals surface area contributed by atoms with Gasteiger partial charge in [-0.3, -0.25) is 4.79 Å². The highest BCUT2D eigenvalue weighted by Crippen LogP contribution is 2.32. The Morgan fingerprint density at radius 1 is 1.12 bits per heavy atom. The molecule has 1 saturated carbocycles. The molecule has 1 aliphatic rings. The lowest BCUT2D eigenvalue weighted by molar-refractivity contribution is 0.0952. The van der Waals surface area contributed by atoms with Crippen LogP contribution in [-0.2, 0) is 0 Å². The summed E-state index contributed by atoms with van der Waals surface area (Å²) >= 11 is 5.87. The van der Waals surface area contributed by atoms with Gasteiger partial charge in [0.25, 0.3) is 5.91 Å². The normalized spacial score (nSPS) is 15.7. The highest BCUT2D eigenvalue weighted by atomic mass is 35.5. The van der Waals surface area contributed by atoms with E-state index in [1.54, 1.807) is 0 Å². The van der Waals surface area contributed by atoms with Crippen molar-refractivity contribution in [3.05, 3.63) is 64.2 Å². The highest BCUT2D eigenvalue weighted by Gasteiger charge is 2.15. The van der Waals surface area contributed by atoms with Crippen LogP contribution in [-0.4, -0.2) is 16.7 Å². The van der Waals surface area contributed by atoms with Gasteiger partial charge in [-0.05, 0) is 55.0 Å². The first-order valence-corrected chi connectivity index (χ1v) is 9.36. The maximum Gasteiger partial charge on any atom is 0.275 e. The van der Waals surface area contributed by atoms with Crippen LogP contribution in [0.15, 0.2) is 47.6 Å². The van der Waals surface area contributed by atoms with Crippen LogP contribution in [0.2, 0.25) is 5.02 Å². The van der Waals surface area contributed by atoms with Gasteiger partial charge in [-0.25, -0.2) is 5.43 Å². The number of halogens is 1. The number of phenolic OH excluding ortho intramolecular Hbond substituents is 1. The number of amides is 1. The van der Waals surface area contributed by atoms with Gasteiger partial charge in [0.05, 0.1) is 11.3 Å². The summed E-state index contributed by atoms with van der Waals surface area (Å²) in [6, 6.07) is 12.7. The van der Waals surface area contributed by atoms with E-state index in [-0.39, 0.29) is 11.3 Å². The minimum atomic E-state index is -0.497. The zero-order valence-corrected chi connectivity index (χ0v) is 15.6. The summed E-state index contributed by atoms with van der Waals surface area (Å²) in [5.41, 5.74) is 5.62. The predicted octanol–water partition coefficient (Wildman–Crippen LogP) is 5.25. The van der Waals surface area contributed by atoms with Crippen molar-refractivity contribution in [1.29, 1.82) is 0 Å². The second-order valence-corrected chi connectivity index (χ2v) is 7.19. The standard InChI is InChI=1S/C21H23ClN2O2/c1-14(23-24-21(26)19-13-18(22)11-12-20(19)25)15-7-9-17(10-8-15)16-5-3-2-4-6-16/h7-13,16,25H,2-6H2,1H3,(H,24,26)/b23-14+.